The fourth-order valence-electron chi connectivity index (χ4n) is 3.86. The molecule has 160 valence electrons. The second-order valence-corrected chi connectivity index (χ2v) is 8.27. The molecule has 2 amide bonds. The fourth-order valence-corrected chi connectivity index (χ4v) is 4.26. The van der Waals surface area contributed by atoms with Gasteiger partial charge in [0.25, 0.3) is 11.8 Å². The number of nitrogens with zero attached hydrogens (tertiary/aromatic N) is 1. The first-order valence-corrected chi connectivity index (χ1v) is 10.6. The van der Waals surface area contributed by atoms with Crippen LogP contribution in [0.15, 0.2) is 72.3 Å². The van der Waals surface area contributed by atoms with E-state index in [1.807, 2.05) is 0 Å². The highest BCUT2D eigenvalue weighted by molar-refractivity contribution is 7.80. The van der Waals surface area contributed by atoms with Crippen LogP contribution in [0.4, 0.5) is 5.69 Å². The summed E-state index contributed by atoms with van der Waals surface area (Å²) < 4.78 is 0. The van der Waals surface area contributed by atoms with Gasteiger partial charge < -0.3 is 0 Å². The van der Waals surface area contributed by atoms with Crippen molar-refractivity contribution in [2.45, 2.75) is 0 Å². The van der Waals surface area contributed by atoms with E-state index in [-0.39, 0.29) is 33.4 Å². The zero-order valence-corrected chi connectivity index (χ0v) is 18.4. The topological polar surface area (TPSA) is 83.6 Å². The number of hydrogen-bond donors (Lipinski definition) is 1. The summed E-state index contributed by atoms with van der Waals surface area (Å²) in [6, 6.07) is 17.7. The van der Waals surface area contributed by atoms with Crippen molar-refractivity contribution in [3.05, 3.63) is 105 Å². The molecule has 0 aromatic heterocycles. The molecule has 0 atom stereocenters. The Morgan fingerprint density at radius 3 is 2.06 bits per heavy atom. The minimum Gasteiger partial charge on any atom is -0.298 e. The van der Waals surface area contributed by atoms with Crippen LogP contribution in [0.5, 0.6) is 0 Å². The number of carbonyl (C=O) groups is 4. The average molecular weight is 473 g/mol. The van der Waals surface area contributed by atoms with Gasteiger partial charge in [-0.15, -0.1) is 0 Å². The van der Waals surface area contributed by atoms with Crippen LogP contribution in [0.2, 0.25) is 5.02 Å². The van der Waals surface area contributed by atoms with Crippen molar-refractivity contribution in [2.75, 3.05) is 4.90 Å². The first-order chi connectivity index (χ1) is 15.8. The molecule has 5 rings (SSSR count). The Hall–Kier alpha value is -3.94. The smallest absolute Gasteiger partial charge is 0.270 e. The van der Waals surface area contributed by atoms with Gasteiger partial charge in [-0.25, -0.2) is 0 Å². The van der Waals surface area contributed by atoms with Crippen molar-refractivity contribution in [3.63, 3.8) is 0 Å². The van der Waals surface area contributed by atoms with Gasteiger partial charge in [-0.05, 0) is 60.3 Å². The predicted molar refractivity (Wildman–Crippen MR) is 127 cm³/mol. The molecule has 33 heavy (non-hydrogen) atoms. The van der Waals surface area contributed by atoms with Crippen molar-refractivity contribution in [1.82, 2.24) is 5.32 Å². The molecule has 0 unspecified atom stereocenters. The van der Waals surface area contributed by atoms with Gasteiger partial charge in [0.1, 0.15) is 5.57 Å². The third-order valence-corrected chi connectivity index (χ3v) is 5.98. The van der Waals surface area contributed by atoms with E-state index in [1.54, 1.807) is 54.6 Å². The molecule has 1 aliphatic carbocycles. The Balaban J connectivity index is 1.55. The molecule has 0 saturated carbocycles. The molecule has 0 spiro atoms. The number of nitrogens with one attached hydrogen (secondary N) is 1. The number of hydrogen-bond acceptors (Lipinski definition) is 5. The molecule has 1 N–H and O–H groups in total. The van der Waals surface area contributed by atoms with Crippen molar-refractivity contribution in [1.29, 1.82) is 0 Å². The normalized spacial score (nSPS) is 16.6. The van der Waals surface area contributed by atoms with Gasteiger partial charge in [0.05, 0.1) is 5.69 Å². The number of fused-ring (bicyclic) bond motifs is 2. The third-order valence-electron chi connectivity index (χ3n) is 5.45. The van der Waals surface area contributed by atoms with E-state index >= 15 is 0 Å². The van der Waals surface area contributed by atoms with E-state index in [1.165, 1.54) is 23.1 Å². The molecule has 3 aromatic carbocycles. The number of carbonyl (C=O) groups excluding carboxylic acids is 4. The second-order valence-electron chi connectivity index (χ2n) is 7.44. The maximum absolute atomic E-state index is 13.2. The molecule has 0 radical (unpaired) electrons. The number of amides is 2. The monoisotopic (exact) mass is 472 g/mol. The summed E-state index contributed by atoms with van der Waals surface area (Å²) in [6.45, 7) is 0. The van der Waals surface area contributed by atoms with Gasteiger partial charge in [-0.1, -0.05) is 41.9 Å². The third kappa shape index (κ3) is 3.47. The standard InChI is InChI=1S/C25H13ClN2O4S/c26-14-6-8-15(9-7-14)28-24(32)20(23(31)27-25(28)33)12-13-5-10-18-19(11-13)22(30)17-4-2-1-3-16(17)21(18)29/h1-12H,(H,27,31,33). The van der Waals surface area contributed by atoms with Crippen LogP contribution in [-0.2, 0) is 9.59 Å². The Labute approximate surface area is 198 Å². The molecule has 1 aliphatic heterocycles. The maximum atomic E-state index is 13.2. The van der Waals surface area contributed by atoms with Crippen LogP contribution in [0, 0.1) is 0 Å². The lowest BCUT2D eigenvalue weighted by Crippen LogP contribution is -2.54. The Morgan fingerprint density at radius 2 is 1.39 bits per heavy atom. The highest BCUT2D eigenvalue weighted by Gasteiger charge is 2.35. The van der Waals surface area contributed by atoms with Crippen LogP contribution >= 0.6 is 23.8 Å². The number of rotatable bonds is 2. The largest absolute Gasteiger partial charge is 0.298 e. The molecule has 6 nitrogen and oxygen atoms in total. The van der Waals surface area contributed by atoms with Gasteiger partial charge in [-0.3, -0.25) is 29.4 Å². The van der Waals surface area contributed by atoms with E-state index in [2.05, 4.69) is 5.32 Å². The zero-order chi connectivity index (χ0) is 23.3. The van der Waals surface area contributed by atoms with Crippen LogP contribution in [0.1, 0.15) is 37.4 Å². The van der Waals surface area contributed by atoms with Crippen LogP contribution in [0.25, 0.3) is 6.08 Å². The molecule has 1 heterocycles. The molecule has 1 saturated heterocycles. The summed E-state index contributed by atoms with van der Waals surface area (Å²) in [5.41, 5.74) is 1.90. The number of anilines is 1. The number of ketones is 2. The molecule has 1 fully saturated rings. The summed E-state index contributed by atoms with van der Waals surface area (Å²) in [7, 11) is 0. The second kappa shape index (κ2) is 7.88. The zero-order valence-electron chi connectivity index (χ0n) is 16.8. The van der Waals surface area contributed by atoms with E-state index < -0.39 is 11.8 Å². The summed E-state index contributed by atoms with van der Waals surface area (Å²) in [6.07, 6.45) is 1.38. The van der Waals surface area contributed by atoms with E-state index in [0.717, 1.165) is 0 Å². The van der Waals surface area contributed by atoms with Gasteiger partial charge in [0, 0.05) is 27.3 Å². The quantitative estimate of drug-likeness (QED) is 0.271. The molecular weight excluding hydrogens is 460 g/mol. The maximum Gasteiger partial charge on any atom is 0.270 e. The highest BCUT2D eigenvalue weighted by Crippen LogP contribution is 2.29. The van der Waals surface area contributed by atoms with Crippen LogP contribution < -0.4 is 10.2 Å². The lowest BCUT2D eigenvalue weighted by Gasteiger charge is -2.29. The first kappa shape index (κ1) is 20.9. The fraction of sp³-hybridized carbons (Fsp3) is 0. The number of halogens is 1. The highest BCUT2D eigenvalue weighted by atomic mass is 35.5. The Bertz CT molecular complexity index is 1440. The SMILES string of the molecule is O=C1NC(=S)N(c2ccc(Cl)cc2)C(=O)C1=Cc1ccc2c(c1)C(=O)c1ccccc1C2=O. The van der Waals surface area contributed by atoms with Crippen molar-refractivity contribution in [2.24, 2.45) is 0 Å². The van der Waals surface area contributed by atoms with E-state index in [0.29, 0.717) is 27.4 Å². The van der Waals surface area contributed by atoms with Gasteiger partial charge >= 0.3 is 0 Å². The first-order valence-electron chi connectivity index (χ1n) is 9.84. The average Bonchev–Trinajstić information content (AvgIpc) is 2.81. The predicted octanol–water partition coefficient (Wildman–Crippen LogP) is 3.95. The molecular formula is C25H13ClN2O4S. The summed E-state index contributed by atoms with van der Waals surface area (Å²) in [5, 5.41) is 2.95. The van der Waals surface area contributed by atoms with Crippen molar-refractivity contribution < 1.29 is 19.2 Å². The molecule has 0 bridgehead atoms. The lowest BCUT2D eigenvalue weighted by molar-refractivity contribution is -0.122. The molecule has 2 aliphatic rings. The van der Waals surface area contributed by atoms with Crippen LogP contribution in [0.3, 0.4) is 0 Å². The molecule has 8 heteroatoms. The van der Waals surface area contributed by atoms with E-state index in [9.17, 15) is 19.2 Å². The minimum absolute atomic E-state index is 0.0488. The number of thiocarbonyl (C=S) groups is 1. The van der Waals surface area contributed by atoms with Gasteiger partial charge in [-0.2, -0.15) is 0 Å². The Kier molecular flexibility index (Phi) is 5.00. The molecule has 3 aromatic rings. The van der Waals surface area contributed by atoms with Gasteiger partial charge in [0.2, 0.25) is 0 Å². The van der Waals surface area contributed by atoms with E-state index in [4.69, 9.17) is 23.8 Å². The van der Waals surface area contributed by atoms with Gasteiger partial charge in [0.15, 0.2) is 16.7 Å². The minimum atomic E-state index is -0.652. The van der Waals surface area contributed by atoms with Crippen molar-refractivity contribution in [3.8, 4) is 0 Å². The number of benzene rings is 3. The van der Waals surface area contributed by atoms with Crippen LogP contribution in [-0.4, -0.2) is 28.5 Å². The summed E-state index contributed by atoms with van der Waals surface area (Å²) in [4.78, 5) is 52.7. The van der Waals surface area contributed by atoms with Crippen molar-refractivity contribution >= 4 is 64.1 Å². The lowest BCUT2D eigenvalue weighted by atomic mass is 9.83. The summed E-state index contributed by atoms with van der Waals surface area (Å²) >= 11 is 11.1. The Morgan fingerprint density at radius 1 is 0.788 bits per heavy atom. The summed E-state index contributed by atoms with van der Waals surface area (Å²) in [5.74, 6) is -1.80.